The van der Waals surface area contributed by atoms with E-state index in [9.17, 15) is 9.90 Å². The number of hydrogen-bond donors (Lipinski definition) is 1. The van der Waals surface area contributed by atoms with Crippen molar-refractivity contribution >= 4 is 35.4 Å². The third-order valence-corrected chi connectivity index (χ3v) is 12.9. The van der Waals surface area contributed by atoms with Gasteiger partial charge in [-0.25, -0.2) is 4.79 Å². The van der Waals surface area contributed by atoms with Crippen LogP contribution in [0.2, 0.25) is 5.04 Å². The molecular formula is C35H40O6Si. The number of cyclic esters (lactones) is 1. The average molecular weight is 585 g/mol. The second-order valence-electron chi connectivity index (χ2n) is 12.2. The third kappa shape index (κ3) is 5.51. The van der Waals surface area contributed by atoms with Crippen LogP contribution in [0.4, 0.5) is 0 Å². The van der Waals surface area contributed by atoms with Crippen LogP contribution < -0.4 is 19.8 Å². The summed E-state index contributed by atoms with van der Waals surface area (Å²) >= 11 is 0. The molecule has 1 atom stereocenters. The van der Waals surface area contributed by atoms with Crippen molar-refractivity contribution in [3.8, 4) is 17.2 Å². The van der Waals surface area contributed by atoms with Gasteiger partial charge in [-0.1, -0.05) is 81.4 Å². The summed E-state index contributed by atoms with van der Waals surface area (Å²) in [4.78, 5) is 13.5. The molecule has 42 heavy (non-hydrogen) atoms. The van der Waals surface area contributed by atoms with Gasteiger partial charge in [-0.15, -0.1) is 0 Å². The molecule has 0 aliphatic carbocycles. The van der Waals surface area contributed by atoms with Gasteiger partial charge in [-0.2, -0.15) is 0 Å². The van der Waals surface area contributed by atoms with E-state index >= 15 is 0 Å². The van der Waals surface area contributed by atoms with E-state index in [1.165, 1.54) is 17.5 Å². The van der Waals surface area contributed by atoms with E-state index in [0.717, 1.165) is 10.9 Å². The van der Waals surface area contributed by atoms with Crippen LogP contribution in [0, 0.1) is 0 Å². The standard InChI is InChI=1S/C35H40O6Si/c1-23(2)40-30-22-26(36)20-24-19-25-21-27(41-34(37)32(25)33(38-6)31(24)30)17-18-39-42(35(3,4)5,28-13-9-7-10-14-28)29-15-11-8-12-16-29/h7-16,19-20,22-23,27,36H,17-18,21H2,1-6H3/t27-/m1/s1. The SMILES string of the molecule is COc1c2c(cc3cc(O)cc(OC(C)C)c13)C[C@@H](CCO[Si](c1ccccc1)(c1ccccc1)C(C)(C)C)OC2=O. The Hall–Kier alpha value is -3.81. The summed E-state index contributed by atoms with van der Waals surface area (Å²) in [6.45, 7) is 11.0. The molecule has 1 aliphatic rings. The summed E-state index contributed by atoms with van der Waals surface area (Å²) in [5.74, 6) is 0.543. The Balaban J connectivity index is 1.46. The highest BCUT2D eigenvalue weighted by atomic mass is 28.4. The smallest absolute Gasteiger partial charge is 0.342 e. The lowest BCUT2D eigenvalue weighted by Gasteiger charge is -2.43. The van der Waals surface area contributed by atoms with E-state index in [1.807, 2.05) is 32.0 Å². The molecule has 4 aromatic carbocycles. The van der Waals surface area contributed by atoms with Gasteiger partial charge in [0.25, 0.3) is 8.32 Å². The Morgan fingerprint density at radius 3 is 2.14 bits per heavy atom. The zero-order valence-corrected chi connectivity index (χ0v) is 26.3. The van der Waals surface area contributed by atoms with Crippen molar-refractivity contribution in [2.75, 3.05) is 13.7 Å². The minimum atomic E-state index is -2.70. The van der Waals surface area contributed by atoms with Crippen molar-refractivity contribution in [2.45, 2.75) is 64.7 Å². The summed E-state index contributed by atoms with van der Waals surface area (Å²) in [6, 6.07) is 26.2. The van der Waals surface area contributed by atoms with Crippen LogP contribution in [0.5, 0.6) is 17.2 Å². The van der Waals surface area contributed by atoms with Gasteiger partial charge in [-0.3, -0.25) is 0 Å². The monoisotopic (exact) mass is 584 g/mol. The largest absolute Gasteiger partial charge is 0.508 e. The predicted molar refractivity (Wildman–Crippen MR) is 169 cm³/mol. The first-order chi connectivity index (χ1) is 20.0. The first kappa shape index (κ1) is 29.7. The summed E-state index contributed by atoms with van der Waals surface area (Å²) in [6.07, 6.45) is 0.599. The van der Waals surface area contributed by atoms with Crippen LogP contribution in [0.1, 0.15) is 57.0 Å². The first-order valence-electron chi connectivity index (χ1n) is 14.5. The Kier molecular flexibility index (Phi) is 8.35. The normalized spacial score (nSPS) is 15.4. The Labute approximate surface area is 249 Å². The number of phenolic OH excluding ortho intramolecular Hbond substituents is 1. The number of methoxy groups -OCH3 is 1. The van der Waals surface area contributed by atoms with Crippen molar-refractivity contribution in [2.24, 2.45) is 0 Å². The van der Waals surface area contributed by atoms with Gasteiger partial charge < -0.3 is 23.7 Å². The number of ether oxygens (including phenoxy) is 3. The molecule has 7 heteroatoms. The summed E-state index contributed by atoms with van der Waals surface area (Å²) < 4.78 is 24.8. The van der Waals surface area contributed by atoms with E-state index in [0.29, 0.717) is 41.9 Å². The number of benzene rings is 4. The number of aromatic hydroxyl groups is 1. The Morgan fingerprint density at radius 2 is 1.60 bits per heavy atom. The molecule has 0 amide bonds. The van der Waals surface area contributed by atoms with Gasteiger partial charge in [-0.05, 0) is 52.3 Å². The number of hydrogen-bond acceptors (Lipinski definition) is 6. The number of phenols is 1. The number of carbonyl (C=O) groups is 1. The zero-order chi connectivity index (χ0) is 30.1. The van der Waals surface area contributed by atoms with Crippen LogP contribution in [0.15, 0.2) is 78.9 Å². The van der Waals surface area contributed by atoms with E-state index in [-0.39, 0.29) is 23.0 Å². The molecule has 4 aromatic rings. The van der Waals surface area contributed by atoms with Crippen LogP contribution in [0.25, 0.3) is 10.8 Å². The van der Waals surface area contributed by atoms with Gasteiger partial charge in [0.05, 0.1) is 18.6 Å². The molecule has 220 valence electrons. The maximum atomic E-state index is 13.5. The van der Waals surface area contributed by atoms with E-state index in [1.54, 1.807) is 12.1 Å². The molecule has 5 rings (SSSR count). The molecule has 1 N–H and O–H groups in total. The summed E-state index contributed by atoms with van der Waals surface area (Å²) in [5, 5.41) is 14.1. The topological polar surface area (TPSA) is 74.2 Å². The number of fused-ring (bicyclic) bond motifs is 2. The highest BCUT2D eigenvalue weighted by Crippen LogP contribution is 2.44. The van der Waals surface area contributed by atoms with Crippen LogP contribution >= 0.6 is 0 Å². The molecule has 0 radical (unpaired) electrons. The van der Waals surface area contributed by atoms with Crippen LogP contribution in [-0.4, -0.2) is 45.3 Å². The fourth-order valence-electron chi connectivity index (χ4n) is 6.21. The number of carbonyl (C=O) groups excluding carboxylic acids is 1. The maximum Gasteiger partial charge on any atom is 0.342 e. The lowest BCUT2D eigenvalue weighted by molar-refractivity contribution is 0.0200. The second-order valence-corrected chi connectivity index (χ2v) is 16.5. The molecule has 1 aliphatic heterocycles. The first-order valence-corrected chi connectivity index (χ1v) is 16.4. The zero-order valence-electron chi connectivity index (χ0n) is 25.3. The highest BCUT2D eigenvalue weighted by molar-refractivity contribution is 6.99. The van der Waals surface area contributed by atoms with E-state index in [2.05, 4.69) is 69.3 Å². The average Bonchev–Trinajstić information content (AvgIpc) is 2.94. The molecule has 0 saturated heterocycles. The Morgan fingerprint density at radius 1 is 0.976 bits per heavy atom. The minimum Gasteiger partial charge on any atom is -0.508 e. The molecule has 0 bridgehead atoms. The van der Waals surface area contributed by atoms with Crippen molar-refractivity contribution in [1.29, 1.82) is 0 Å². The fourth-order valence-corrected chi connectivity index (χ4v) is 10.8. The predicted octanol–water partition coefficient (Wildman–Crippen LogP) is 6.39. The van der Waals surface area contributed by atoms with Gasteiger partial charge >= 0.3 is 5.97 Å². The fraction of sp³-hybridized carbons (Fsp3) is 0.343. The third-order valence-electron chi connectivity index (χ3n) is 7.89. The second kappa shape index (κ2) is 11.8. The summed E-state index contributed by atoms with van der Waals surface area (Å²) in [5.41, 5.74) is 1.24. The number of esters is 1. The minimum absolute atomic E-state index is 0.0915. The van der Waals surface area contributed by atoms with E-state index < -0.39 is 14.3 Å². The molecule has 0 spiro atoms. The summed E-state index contributed by atoms with van der Waals surface area (Å²) in [7, 11) is -1.16. The van der Waals surface area contributed by atoms with Crippen LogP contribution in [0.3, 0.4) is 0 Å². The van der Waals surface area contributed by atoms with Crippen molar-refractivity contribution in [3.05, 3.63) is 90.0 Å². The van der Waals surface area contributed by atoms with Gasteiger partial charge in [0.2, 0.25) is 0 Å². The van der Waals surface area contributed by atoms with Crippen LogP contribution in [-0.2, 0) is 15.6 Å². The molecule has 6 nitrogen and oxygen atoms in total. The lowest BCUT2D eigenvalue weighted by Crippen LogP contribution is -2.66. The van der Waals surface area contributed by atoms with Crippen molar-refractivity contribution in [1.82, 2.24) is 0 Å². The Bertz CT molecular complexity index is 1520. The molecular weight excluding hydrogens is 544 g/mol. The van der Waals surface area contributed by atoms with Gasteiger partial charge in [0.1, 0.15) is 28.9 Å². The molecule has 0 unspecified atom stereocenters. The quantitative estimate of drug-likeness (QED) is 0.182. The number of rotatable bonds is 9. The molecule has 1 heterocycles. The lowest BCUT2D eigenvalue weighted by atomic mass is 9.92. The van der Waals surface area contributed by atoms with Crippen molar-refractivity contribution in [3.63, 3.8) is 0 Å². The van der Waals surface area contributed by atoms with E-state index in [4.69, 9.17) is 18.6 Å². The maximum absolute atomic E-state index is 13.5. The molecule has 0 fully saturated rings. The molecule has 0 aromatic heterocycles. The molecule has 0 saturated carbocycles. The highest BCUT2D eigenvalue weighted by Gasteiger charge is 2.50. The van der Waals surface area contributed by atoms with Crippen molar-refractivity contribution < 1.29 is 28.5 Å². The van der Waals surface area contributed by atoms with Gasteiger partial charge in [0, 0.05) is 25.5 Å². The van der Waals surface area contributed by atoms with Gasteiger partial charge in [0.15, 0.2) is 0 Å².